The predicted molar refractivity (Wildman–Crippen MR) is 76.9 cm³/mol. The molecular formula is C14H25F3O2S. The summed E-state index contributed by atoms with van der Waals surface area (Å²) in [6.07, 6.45) is -0.378. The van der Waals surface area contributed by atoms with Gasteiger partial charge in [-0.3, -0.25) is 4.79 Å². The van der Waals surface area contributed by atoms with Gasteiger partial charge in [-0.25, -0.2) is 0 Å². The normalized spacial score (nSPS) is 13.2. The topological polar surface area (TPSA) is 26.3 Å². The second-order valence-corrected chi connectivity index (χ2v) is 5.99. The summed E-state index contributed by atoms with van der Waals surface area (Å²) in [6, 6.07) is 0. The Morgan fingerprint density at radius 2 is 1.85 bits per heavy atom. The lowest BCUT2D eigenvalue weighted by molar-refractivity contribution is -0.142. The molecule has 0 aromatic rings. The standard InChI is InChI=1S/C14H25F3O2S/c1-3-5-6-9-12(13(18)19-4-2)20-11-8-7-10-14(15,16)17/h12H,3-11H2,1-2H3. The lowest BCUT2D eigenvalue weighted by atomic mass is 10.1. The van der Waals surface area contributed by atoms with Crippen LogP contribution in [0.1, 0.15) is 58.8 Å². The van der Waals surface area contributed by atoms with Gasteiger partial charge in [-0.1, -0.05) is 26.2 Å². The number of ether oxygens (including phenoxy) is 1. The minimum absolute atomic E-state index is 0.126. The van der Waals surface area contributed by atoms with Crippen molar-refractivity contribution >= 4 is 17.7 Å². The fourth-order valence-electron chi connectivity index (χ4n) is 1.74. The van der Waals surface area contributed by atoms with Crippen LogP contribution in [0.15, 0.2) is 0 Å². The van der Waals surface area contributed by atoms with Gasteiger partial charge in [0.1, 0.15) is 5.25 Å². The molecule has 1 atom stereocenters. The van der Waals surface area contributed by atoms with Gasteiger partial charge in [0.15, 0.2) is 0 Å². The molecule has 20 heavy (non-hydrogen) atoms. The maximum Gasteiger partial charge on any atom is 0.389 e. The maximum absolute atomic E-state index is 12.0. The van der Waals surface area contributed by atoms with Gasteiger partial charge in [0.05, 0.1) is 6.61 Å². The molecule has 6 heteroatoms. The SMILES string of the molecule is CCCCCC(SCCCCC(F)(F)F)C(=O)OCC. The van der Waals surface area contributed by atoms with Crippen LogP contribution in [-0.4, -0.2) is 29.8 Å². The molecule has 0 bridgehead atoms. The molecule has 0 saturated heterocycles. The van der Waals surface area contributed by atoms with Crippen LogP contribution in [0.5, 0.6) is 0 Å². The van der Waals surface area contributed by atoms with E-state index in [-0.39, 0.29) is 17.6 Å². The number of halogens is 3. The Morgan fingerprint density at radius 1 is 1.15 bits per heavy atom. The lowest BCUT2D eigenvalue weighted by Gasteiger charge is -2.15. The fraction of sp³-hybridized carbons (Fsp3) is 0.929. The van der Waals surface area contributed by atoms with Gasteiger partial charge in [0, 0.05) is 6.42 Å². The highest BCUT2D eigenvalue weighted by Gasteiger charge is 2.26. The molecule has 0 aliphatic heterocycles. The van der Waals surface area contributed by atoms with E-state index in [2.05, 4.69) is 6.92 Å². The molecule has 0 fully saturated rings. The number of rotatable bonds is 11. The summed E-state index contributed by atoms with van der Waals surface area (Å²) < 4.78 is 41.0. The van der Waals surface area contributed by atoms with Gasteiger partial charge in [-0.05, 0) is 31.9 Å². The first-order valence-electron chi connectivity index (χ1n) is 7.25. The molecule has 0 aromatic carbocycles. The zero-order valence-corrected chi connectivity index (χ0v) is 13.1. The highest BCUT2D eigenvalue weighted by atomic mass is 32.2. The average Bonchev–Trinajstić information content (AvgIpc) is 2.35. The Hall–Kier alpha value is -0.390. The summed E-state index contributed by atoms with van der Waals surface area (Å²) in [5.74, 6) is 0.343. The molecule has 0 N–H and O–H groups in total. The predicted octanol–water partition coefficient (Wildman–Crippen LogP) is 4.96. The van der Waals surface area contributed by atoms with Crippen molar-refractivity contribution in [1.29, 1.82) is 0 Å². The molecule has 0 spiro atoms. The Labute approximate surface area is 123 Å². The van der Waals surface area contributed by atoms with Gasteiger partial charge in [-0.2, -0.15) is 13.2 Å². The molecule has 2 nitrogen and oxygen atoms in total. The van der Waals surface area contributed by atoms with Crippen LogP contribution in [0.4, 0.5) is 13.2 Å². The van der Waals surface area contributed by atoms with Crippen molar-refractivity contribution in [3.05, 3.63) is 0 Å². The Kier molecular flexibility index (Phi) is 11.1. The highest BCUT2D eigenvalue weighted by Crippen LogP contribution is 2.25. The molecule has 0 radical (unpaired) electrons. The Morgan fingerprint density at radius 3 is 2.40 bits per heavy atom. The zero-order valence-electron chi connectivity index (χ0n) is 12.3. The molecule has 120 valence electrons. The second kappa shape index (κ2) is 11.3. The van der Waals surface area contributed by atoms with Crippen LogP contribution in [0.2, 0.25) is 0 Å². The third-order valence-electron chi connectivity index (χ3n) is 2.79. The minimum Gasteiger partial charge on any atom is -0.465 e. The third-order valence-corrected chi connectivity index (χ3v) is 4.15. The molecule has 0 aromatic heterocycles. The first kappa shape index (κ1) is 19.6. The van der Waals surface area contributed by atoms with Gasteiger partial charge >= 0.3 is 12.1 Å². The van der Waals surface area contributed by atoms with E-state index in [9.17, 15) is 18.0 Å². The minimum atomic E-state index is -4.08. The molecule has 1 unspecified atom stereocenters. The van der Waals surface area contributed by atoms with Crippen molar-refractivity contribution in [3.8, 4) is 0 Å². The number of unbranched alkanes of at least 4 members (excludes halogenated alkanes) is 3. The van der Waals surface area contributed by atoms with Crippen LogP contribution in [-0.2, 0) is 9.53 Å². The summed E-state index contributed by atoms with van der Waals surface area (Å²) in [5, 5.41) is -0.229. The zero-order chi connectivity index (χ0) is 15.4. The van der Waals surface area contributed by atoms with Crippen molar-refractivity contribution in [3.63, 3.8) is 0 Å². The van der Waals surface area contributed by atoms with Gasteiger partial charge < -0.3 is 4.74 Å². The van der Waals surface area contributed by atoms with Crippen LogP contribution >= 0.6 is 11.8 Å². The smallest absolute Gasteiger partial charge is 0.389 e. The van der Waals surface area contributed by atoms with E-state index in [0.717, 1.165) is 25.7 Å². The number of hydrogen-bond donors (Lipinski definition) is 0. The van der Waals surface area contributed by atoms with Gasteiger partial charge in [-0.15, -0.1) is 11.8 Å². The van der Waals surface area contributed by atoms with Crippen molar-refractivity contribution in [2.24, 2.45) is 0 Å². The average molecular weight is 314 g/mol. The van der Waals surface area contributed by atoms with E-state index in [1.165, 1.54) is 11.8 Å². The third kappa shape index (κ3) is 11.4. The van der Waals surface area contributed by atoms with Crippen molar-refractivity contribution < 1.29 is 22.7 Å². The molecule has 0 amide bonds. The monoisotopic (exact) mass is 314 g/mol. The van der Waals surface area contributed by atoms with E-state index >= 15 is 0 Å². The molecular weight excluding hydrogens is 289 g/mol. The number of carbonyl (C=O) groups is 1. The van der Waals surface area contributed by atoms with Crippen molar-refractivity contribution in [2.45, 2.75) is 70.2 Å². The first-order chi connectivity index (χ1) is 9.40. The number of hydrogen-bond acceptors (Lipinski definition) is 3. The summed E-state index contributed by atoms with van der Waals surface area (Å²) in [4.78, 5) is 11.7. The van der Waals surface area contributed by atoms with E-state index in [4.69, 9.17) is 4.74 Å². The summed E-state index contributed by atoms with van der Waals surface area (Å²) in [6.45, 7) is 4.19. The highest BCUT2D eigenvalue weighted by molar-refractivity contribution is 8.00. The van der Waals surface area contributed by atoms with Crippen LogP contribution in [0.3, 0.4) is 0 Å². The quantitative estimate of drug-likeness (QED) is 0.398. The first-order valence-corrected chi connectivity index (χ1v) is 8.30. The van der Waals surface area contributed by atoms with Crippen molar-refractivity contribution in [1.82, 2.24) is 0 Å². The summed E-state index contributed by atoms with van der Waals surface area (Å²) in [7, 11) is 0. The summed E-state index contributed by atoms with van der Waals surface area (Å²) in [5.41, 5.74) is 0. The molecule has 0 heterocycles. The number of carbonyl (C=O) groups excluding carboxylic acids is 1. The van der Waals surface area contributed by atoms with Crippen LogP contribution in [0.25, 0.3) is 0 Å². The number of esters is 1. The molecule has 0 saturated carbocycles. The molecule has 0 aliphatic carbocycles. The second-order valence-electron chi connectivity index (χ2n) is 4.68. The van der Waals surface area contributed by atoms with E-state index in [1.54, 1.807) is 6.92 Å². The van der Waals surface area contributed by atoms with E-state index in [0.29, 0.717) is 18.8 Å². The lowest BCUT2D eigenvalue weighted by Crippen LogP contribution is -2.21. The number of alkyl halides is 3. The number of thioether (sulfide) groups is 1. The largest absolute Gasteiger partial charge is 0.465 e. The summed E-state index contributed by atoms with van der Waals surface area (Å²) >= 11 is 1.43. The van der Waals surface area contributed by atoms with Gasteiger partial charge in [0.25, 0.3) is 0 Å². The van der Waals surface area contributed by atoms with Gasteiger partial charge in [0.2, 0.25) is 0 Å². The molecule has 0 aliphatic rings. The van der Waals surface area contributed by atoms with E-state index < -0.39 is 12.6 Å². The Balaban J connectivity index is 3.93. The molecule has 0 rings (SSSR count). The fourth-order valence-corrected chi connectivity index (χ4v) is 2.93. The van der Waals surface area contributed by atoms with E-state index in [1.807, 2.05) is 0 Å². The van der Waals surface area contributed by atoms with Crippen LogP contribution < -0.4 is 0 Å². The van der Waals surface area contributed by atoms with Crippen molar-refractivity contribution in [2.75, 3.05) is 12.4 Å². The maximum atomic E-state index is 12.0. The van der Waals surface area contributed by atoms with Crippen LogP contribution in [0, 0.1) is 0 Å². The Bertz CT molecular complexity index is 257.